The second-order valence-corrected chi connectivity index (χ2v) is 6.06. The summed E-state index contributed by atoms with van der Waals surface area (Å²) >= 11 is 0. The highest BCUT2D eigenvalue weighted by Crippen LogP contribution is 2.38. The molecule has 0 saturated heterocycles. The molecule has 1 fully saturated rings. The molecule has 2 aliphatic carbocycles. The molecule has 0 aromatic carbocycles. The van der Waals surface area contributed by atoms with Crippen LogP contribution in [-0.2, 0) is 0 Å². The highest BCUT2D eigenvalue weighted by molar-refractivity contribution is 4.94. The van der Waals surface area contributed by atoms with E-state index >= 15 is 0 Å². The van der Waals surface area contributed by atoms with E-state index in [9.17, 15) is 5.11 Å². The first-order chi connectivity index (χ1) is 7.68. The maximum absolute atomic E-state index is 10.5. The average molecular weight is 222 g/mol. The summed E-state index contributed by atoms with van der Waals surface area (Å²) in [5, 5.41) is 10.5. The van der Waals surface area contributed by atoms with Crippen LogP contribution in [0.5, 0.6) is 0 Å². The number of aliphatic hydroxyl groups excluding tert-OH is 1. The molecule has 0 bridgehead atoms. The summed E-state index contributed by atoms with van der Waals surface area (Å²) in [5.74, 6) is 2.76. The molecule has 0 aliphatic heterocycles. The molecular formula is C15H26O. The summed E-state index contributed by atoms with van der Waals surface area (Å²) in [6, 6.07) is 0. The minimum Gasteiger partial charge on any atom is -0.393 e. The van der Waals surface area contributed by atoms with Crippen LogP contribution in [0.4, 0.5) is 0 Å². The minimum absolute atomic E-state index is 0.0418. The van der Waals surface area contributed by atoms with Crippen LogP contribution < -0.4 is 0 Å². The van der Waals surface area contributed by atoms with E-state index in [1.807, 2.05) is 0 Å². The predicted molar refractivity (Wildman–Crippen MR) is 68.2 cm³/mol. The van der Waals surface area contributed by atoms with Gasteiger partial charge in [0, 0.05) is 0 Å². The standard InChI is InChI=1S/C15H26O/c1-11-8-9-14(10-12(11)2)15(16)13-6-4-3-5-7-13/h3-4,11-16H,5-10H2,1-2H3. The highest BCUT2D eigenvalue weighted by atomic mass is 16.3. The maximum Gasteiger partial charge on any atom is 0.0599 e. The van der Waals surface area contributed by atoms with Crippen LogP contribution in [0.3, 0.4) is 0 Å². The Balaban J connectivity index is 1.89. The van der Waals surface area contributed by atoms with Crippen molar-refractivity contribution in [3.05, 3.63) is 12.2 Å². The van der Waals surface area contributed by atoms with Crippen molar-refractivity contribution in [1.82, 2.24) is 0 Å². The van der Waals surface area contributed by atoms with Crippen LogP contribution in [0.2, 0.25) is 0 Å². The molecule has 0 aromatic heterocycles. The lowest BCUT2D eigenvalue weighted by Crippen LogP contribution is -2.34. The topological polar surface area (TPSA) is 20.2 Å². The monoisotopic (exact) mass is 222 g/mol. The van der Waals surface area contributed by atoms with Crippen LogP contribution in [0.1, 0.15) is 52.4 Å². The van der Waals surface area contributed by atoms with E-state index in [2.05, 4.69) is 26.0 Å². The second kappa shape index (κ2) is 5.35. The molecule has 5 unspecified atom stereocenters. The van der Waals surface area contributed by atoms with E-state index in [0.29, 0.717) is 11.8 Å². The number of hydrogen-bond donors (Lipinski definition) is 1. The first kappa shape index (κ1) is 12.2. The van der Waals surface area contributed by atoms with Gasteiger partial charge in [-0.15, -0.1) is 0 Å². The van der Waals surface area contributed by atoms with Crippen LogP contribution in [0.25, 0.3) is 0 Å². The van der Waals surface area contributed by atoms with E-state index in [0.717, 1.165) is 18.3 Å². The molecule has 0 heterocycles. The van der Waals surface area contributed by atoms with Gasteiger partial charge < -0.3 is 5.11 Å². The van der Waals surface area contributed by atoms with Crippen molar-refractivity contribution in [2.75, 3.05) is 0 Å². The van der Waals surface area contributed by atoms with E-state index < -0.39 is 0 Å². The van der Waals surface area contributed by atoms with Gasteiger partial charge in [0.25, 0.3) is 0 Å². The van der Waals surface area contributed by atoms with Crippen LogP contribution in [0.15, 0.2) is 12.2 Å². The molecule has 92 valence electrons. The smallest absolute Gasteiger partial charge is 0.0599 e. The van der Waals surface area contributed by atoms with Gasteiger partial charge in [-0.25, -0.2) is 0 Å². The molecule has 1 heteroatoms. The fourth-order valence-corrected chi connectivity index (χ4v) is 3.41. The molecule has 0 spiro atoms. The Morgan fingerprint density at radius 2 is 1.81 bits per heavy atom. The van der Waals surface area contributed by atoms with Gasteiger partial charge in [0.15, 0.2) is 0 Å². The Morgan fingerprint density at radius 3 is 2.44 bits per heavy atom. The first-order valence-corrected chi connectivity index (χ1v) is 7.01. The zero-order valence-electron chi connectivity index (χ0n) is 10.7. The van der Waals surface area contributed by atoms with Crippen LogP contribution >= 0.6 is 0 Å². The van der Waals surface area contributed by atoms with E-state index in [1.165, 1.54) is 32.1 Å². The van der Waals surface area contributed by atoms with Gasteiger partial charge >= 0.3 is 0 Å². The number of hydrogen-bond acceptors (Lipinski definition) is 1. The lowest BCUT2D eigenvalue weighted by molar-refractivity contribution is 0.0112. The summed E-state index contributed by atoms with van der Waals surface area (Å²) in [7, 11) is 0. The van der Waals surface area contributed by atoms with Gasteiger partial charge in [0.2, 0.25) is 0 Å². The molecule has 2 rings (SSSR count). The third-order valence-electron chi connectivity index (χ3n) is 4.91. The van der Waals surface area contributed by atoms with Crippen molar-refractivity contribution in [2.45, 2.75) is 58.5 Å². The highest BCUT2D eigenvalue weighted by Gasteiger charge is 2.33. The summed E-state index contributed by atoms with van der Waals surface area (Å²) in [6.45, 7) is 4.71. The number of aliphatic hydroxyl groups is 1. The van der Waals surface area contributed by atoms with Gasteiger partial charge in [-0.3, -0.25) is 0 Å². The fourth-order valence-electron chi connectivity index (χ4n) is 3.41. The van der Waals surface area contributed by atoms with Crippen molar-refractivity contribution in [2.24, 2.45) is 23.7 Å². The van der Waals surface area contributed by atoms with Crippen molar-refractivity contribution in [3.63, 3.8) is 0 Å². The Kier molecular flexibility index (Phi) is 4.07. The Bertz CT molecular complexity index is 246. The summed E-state index contributed by atoms with van der Waals surface area (Å²) < 4.78 is 0. The lowest BCUT2D eigenvalue weighted by atomic mass is 9.70. The summed E-state index contributed by atoms with van der Waals surface area (Å²) in [6.07, 6.45) is 11.7. The normalized spacial score (nSPS) is 41.9. The molecule has 1 nitrogen and oxygen atoms in total. The van der Waals surface area contributed by atoms with Gasteiger partial charge in [-0.2, -0.15) is 0 Å². The van der Waals surface area contributed by atoms with Crippen molar-refractivity contribution < 1.29 is 5.11 Å². The average Bonchev–Trinajstić information content (AvgIpc) is 2.33. The molecule has 0 amide bonds. The van der Waals surface area contributed by atoms with E-state index in [4.69, 9.17) is 0 Å². The third-order valence-corrected chi connectivity index (χ3v) is 4.91. The quantitative estimate of drug-likeness (QED) is 0.705. The van der Waals surface area contributed by atoms with Gasteiger partial charge in [-0.1, -0.05) is 32.4 Å². The van der Waals surface area contributed by atoms with Crippen LogP contribution in [-0.4, -0.2) is 11.2 Å². The second-order valence-electron chi connectivity index (χ2n) is 6.06. The van der Waals surface area contributed by atoms with E-state index in [1.54, 1.807) is 0 Å². The first-order valence-electron chi connectivity index (χ1n) is 7.01. The Hall–Kier alpha value is -0.300. The van der Waals surface area contributed by atoms with Gasteiger partial charge in [0.1, 0.15) is 0 Å². The van der Waals surface area contributed by atoms with Gasteiger partial charge in [0.05, 0.1) is 6.10 Å². The third kappa shape index (κ3) is 2.68. The van der Waals surface area contributed by atoms with E-state index in [-0.39, 0.29) is 6.10 Å². The number of allylic oxidation sites excluding steroid dienone is 2. The zero-order valence-corrected chi connectivity index (χ0v) is 10.7. The SMILES string of the molecule is CC1CCC(C(O)C2CC=CCC2)CC1C. The zero-order chi connectivity index (χ0) is 11.5. The molecule has 2 aliphatic rings. The molecule has 16 heavy (non-hydrogen) atoms. The largest absolute Gasteiger partial charge is 0.393 e. The maximum atomic E-state index is 10.5. The molecule has 0 radical (unpaired) electrons. The summed E-state index contributed by atoms with van der Waals surface area (Å²) in [4.78, 5) is 0. The molecule has 1 saturated carbocycles. The molecule has 1 N–H and O–H groups in total. The lowest BCUT2D eigenvalue weighted by Gasteiger charge is -2.38. The Morgan fingerprint density at radius 1 is 1.00 bits per heavy atom. The minimum atomic E-state index is -0.0418. The van der Waals surface area contributed by atoms with Crippen molar-refractivity contribution in [1.29, 1.82) is 0 Å². The van der Waals surface area contributed by atoms with Gasteiger partial charge in [-0.05, 0) is 55.8 Å². The van der Waals surface area contributed by atoms with Crippen molar-refractivity contribution >= 4 is 0 Å². The Labute approximate surface area is 99.9 Å². The predicted octanol–water partition coefficient (Wildman–Crippen LogP) is 3.78. The van der Waals surface area contributed by atoms with Crippen molar-refractivity contribution in [3.8, 4) is 0 Å². The number of rotatable bonds is 2. The molecule has 5 atom stereocenters. The molecular weight excluding hydrogens is 196 g/mol. The fraction of sp³-hybridized carbons (Fsp3) is 0.867. The molecule has 0 aromatic rings. The van der Waals surface area contributed by atoms with Crippen LogP contribution in [0, 0.1) is 23.7 Å². The summed E-state index contributed by atoms with van der Waals surface area (Å²) in [5.41, 5.74) is 0.